The summed E-state index contributed by atoms with van der Waals surface area (Å²) in [7, 11) is 6.45. The minimum Gasteiger partial charge on any atom is -0.497 e. The van der Waals surface area contributed by atoms with Crippen LogP contribution in [0.25, 0.3) is 11.1 Å². The number of nitrogens with one attached hydrogen (secondary N) is 2. The van der Waals surface area contributed by atoms with E-state index in [1.54, 1.807) is 44.6 Å². The molecule has 0 saturated heterocycles. The van der Waals surface area contributed by atoms with E-state index in [-0.39, 0.29) is 31.6 Å². The lowest BCUT2D eigenvalue weighted by Crippen LogP contribution is -2.36. The molecule has 1 aliphatic rings. The highest BCUT2D eigenvalue weighted by Gasteiger charge is 2.30. The van der Waals surface area contributed by atoms with Gasteiger partial charge in [0.05, 0.1) is 26.5 Å². The topological polar surface area (TPSA) is 98.4 Å². The van der Waals surface area contributed by atoms with Gasteiger partial charge in [-0.2, -0.15) is 0 Å². The highest BCUT2D eigenvalue weighted by atomic mass is 16.6. The molecular weight excluding hydrogens is 534 g/mol. The summed E-state index contributed by atoms with van der Waals surface area (Å²) in [6, 6.07) is 28.8. The largest absolute Gasteiger partial charge is 0.497 e. The lowest BCUT2D eigenvalue weighted by molar-refractivity contribution is -0.123. The number of benzene rings is 4. The molecule has 1 radical (unpaired) electrons. The van der Waals surface area contributed by atoms with Crippen molar-refractivity contribution in [2.24, 2.45) is 0 Å². The summed E-state index contributed by atoms with van der Waals surface area (Å²) >= 11 is 0. The molecule has 0 bridgehead atoms. The zero-order valence-corrected chi connectivity index (χ0v) is 23.5. The van der Waals surface area contributed by atoms with Crippen LogP contribution in [0.2, 0.25) is 0 Å². The van der Waals surface area contributed by atoms with Gasteiger partial charge in [0.2, 0.25) is 0 Å². The van der Waals surface area contributed by atoms with Gasteiger partial charge in [0.15, 0.2) is 6.61 Å². The minimum absolute atomic E-state index is 0.0757. The van der Waals surface area contributed by atoms with E-state index in [4.69, 9.17) is 18.9 Å². The maximum absolute atomic E-state index is 13.8. The highest BCUT2D eigenvalue weighted by Crippen LogP contribution is 2.44. The maximum atomic E-state index is 13.8. The van der Waals surface area contributed by atoms with Gasteiger partial charge in [-0.15, -0.1) is 0 Å². The number of amides is 2. The molecule has 9 heteroatoms. The van der Waals surface area contributed by atoms with Crippen LogP contribution >= 0.6 is 0 Å². The Kier molecular flexibility index (Phi) is 8.89. The van der Waals surface area contributed by atoms with Gasteiger partial charge in [0, 0.05) is 19.0 Å². The van der Waals surface area contributed by atoms with Crippen molar-refractivity contribution in [3.8, 4) is 28.4 Å². The van der Waals surface area contributed by atoms with E-state index < -0.39 is 6.09 Å². The van der Waals surface area contributed by atoms with Crippen LogP contribution in [0.15, 0.2) is 91.0 Å². The summed E-state index contributed by atoms with van der Waals surface area (Å²) in [5.41, 5.74) is 10.6. The number of anilines is 1. The lowest BCUT2D eigenvalue weighted by Gasteiger charge is -2.25. The van der Waals surface area contributed by atoms with E-state index in [1.165, 1.54) is 4.90 Å². The molecule has 0 heterocycles. The number of nitrogens with zero attached hydrogens (tertiary/aromatic N) is 1. The van der Waals surface area contributed by atoms with Crippen LogP contribution in [0.5, 0.6) is 17.2 Å². The Labute approximate surface area is 244 Å². The average molecular weight is 567 g/mol. The van der Waals surface area contributed by atoms with Crippen LogP contribution in [0, 0.1) is 7.05 Å². The number of methoxy groups -OCH3 is 2. The van der Waals surface area contributed by atoms with E-state index in [0.717, 1.165) is 27.8 Å². The molecular formula is C33H32N3O6. The fraction of sp³-hybridized carbons (Fsp3) is 0.182. The zero-order valence-electron chi connectivity index (χ0n) is 23.5. The van der Waals surface area contributed by atoms with E-state index in [0.29, 0.717) is 22.9 Å². The molecule has 5 rings (SSSR count). The molecule has 215 valence electrons. The zero-order chi connectivity index (χ0) is 29.5. The standard InChI is InChI=1S/C33H32N3O6/c1-34-35-32(37)21-41-23-14-12-22(13-15-23)19-36(30-17-16-24(39-2)18-31(30)40-3)33(38)42-20-29-27-10-6-4-8-25(27)26-9-5-7-11-28(26)29/h4-18,29,34H,1,19-21H2,2-3H3,(H,35,37). The Morgan fingerprint density at radius 3 is 2.10 bits per heavy atom. The number of carbonyl (C=O) groups is 2. The number of fused-ring (bicyclic) bond motifs is 3. The first-order valence-corrected chi connectivity index (χ1v) is 13.4. The van der Waals surface area contributed by atoms with E-state index in [1.807, 2.05) is 36.4 Å². The second-order valence-electron chi connectivity index (χ2n) is 9.59. The van der Waals surface area contributed by atoms with Crippen molar-refractivity contribution >= 4 is 17.7 Å². The molecule has 0 aromatic heterocycles. The van der Waals surface area contributed by atoms with Gasteiger partial charge in [-0.25, -0.2) is 10.2 Å². The lowest BCUT2D eigenvalue weighted by atomic mass is 9.98. The maximum Gasteiger partial charge on any atom is 0.414 e. The number of ether oxygens (including phenoxy) is 4. The fourth-order valence-corrected chi connectivity index (χ4v) is 5.09. The molecule has 1 aliphatic carbocycles. The number of hydrazine groups is 1. The van der Waals surface area contributed by atoms with E-state index in [9.17, 15) is 9.59 Å². The summed E-state index contributed by atoms with van der Waals surface area (Å²) in [4.78, 5) is 27.0. The SMILES string of the molecule is [CH2]NNC(=O)COc1ccc(CN(C(=O)OCC2c3ccccc3-c3ccccc32)c2ccc(OC)cc2OC)cc1. The van der Waals surface area contributed by atoms with Crippen molar-refractivity contribution in [3.05, 3.63) is 115 Å². The van der Waals surface area contributed by atoms with Gasteiger partial charge in [0.25, 0.3) is 5.91 Å². The second kappa shape index (κ2) is 13.1. The van der Waals surface area contributed by atoms with Gasteiger partial charge in [0.1, 0.15) is 23.9 Å². The summed E-state index contributed by atoms with van der Waals surface area (Å²) in [5, 5.41) is 0. The number of hydrogen-bond donors (Lipinski definition) is 2. The van der Waals surface area contributed by atoms with Crippen molar-refractivity contribution < 1.29 is 28.5 Å². The smallest absolute Gasteiger partial charge is 0.414 e. The van der Waals surface area contributed by atoms with Crippen molar-refractivity contribution in [1.29, 1.82) is 0 Å². The Bertz CT molecular complexity index is 1510. The first-order chi connectivity index (χ1) is 20.5. The molecule has 0 fully saturated rings. The first-order valence-electron chi connectivity index (χ1n) is 13.4. The molecule has 9 nitrogen and oxygen atoms in total. The van der Waals surface area contributed by atoms with Crippen molar-refractivity contribution in [1.82, 2.24) is 10.9 Å². The van der Waals surface area contributed by atoms with Gasteiger partial charge in [-0.1, -0.05) is 60.7 Å². The molecule has 0 aliphatic heterocycles. The predicted molar refractivity (Wildman–Crippen MR) is 159 cm³/mol. The van der Waals surface area contributed by atoms with Crippen molar-refractivity contribution in [2.75, 3.05) is 32.3 Å². The van der Waals surface area contributed by atoms with Crippen LogP contribution in [-0.4, -0.2) is 39.4 Å². The molecule has 4 aromatic carbocycles. The summed E-state index contributed by atoms with van der Waals surface area (Å²) in [6.07, 6.45) is -0.516. The van der Waals surface area contributed by atoms with Crippen LogP contribution in [-0.2, 0) is 16.1 Å². The second-order valence-corrected chi connectivity index (χ2v) is 9.59. The third kappa shape index (κ3) is 6.16. The average Bonchev–Trinajstić information content (AvgIpc) is 3.35. The predicted octanol–water partition coefficient (Wildman–Crippen LogP) is 5.45. The van der Waals surface area contributed by atoms with Crippen LogP contribution in [0.4, 0.5) is 10.5 Å². The molecule has 0 spiro atoms. The molecule has 2 amide bonds. The third-order valence-corrected chi connectivity index (χ3v) is 7.10. The molecule has 0 atom stereocenters. The quantitative estimate of drug-likeness (QED) is 0.233. The fourth-order valence-electron chi connectivity index (χ4n) is 5.09. The Balaban J connectivity index is 1.37. The Morgan fingerprint density at radius 2 is 1.48 bits per heavy atom. The van der Waals surface area contributed by atoms with Crippen LogP contribution in [0.3, 0.4) is 0 Å². The van der Waals surface area contributed by atoms with Crippen molar-refractivity contribution in [2.45, 2.75) is 12.5 Å². The Morgan fingerprint density at radius 1 is 0.833 bits per heavy atom. The number of hydrogen-bond acceptors (Lipinski definition) is 7. The summed E-state index contributed by atoms with van der Waals surface area (Å²) < 4.78 is 22.5. The number of rotatable bonds is 11. The van der Waals surface area contributed by atoms with Gasteiger partial charge in [-0.3, -0.25) is 15.1 Å². The molecule has 2 N–H and O–H groups in total. The number of carbonyl (C=O) groups excluding carboxylic acids is 2. The van der Waals surface area contributed by atoms with Crippen LogP contribution in [0.1, 0.15) is 22.6 Å². The van der Waals surface area contributed by atoms with Gasteiger partial charge < -0.3 is 18.9 Å². The normalized spacial score (nSPS) is 11.7. The minimum atomic E-state index is -0.516. The molecule has 4 aromatic rings. The Hall–Kier alpha value is -5.02. The van der Waals surface area contributed by atoms with Crippen molar-refractivity contribution in [3.63, 3.8) is 0 Å². The summed E-state index contributed by atoms with van der Waals surface area (Å²) in [6.45, 7) is 0.209. The van der Waals surface area contributed by atoms with E-state index in [2.05, 4.69) is 42.2 Å². The third-order valence-electron chi connectivity index (χ3n) is 7.10. The van der Waals surface area contributed by atoms with E-state index >= 15 is 0 Å². The molecule has 42 heavy (non-hydrogen) atoms. The molecule has 0 saturated carbocycles. The van der Waals surface area contributed by atoms with Gasteiger partial charge in [-0.05, 0) is 52.1 Å². The monoisotopic (exact) mass is 566 g/mol. The highest BCUT2D eigenvalue weighted by molar-refractivity contribution is 5.90. The summed E-state index contributed by atoms with van der Waals surface area (Å²) in [5.74, 6) is 1.14. The first kappa shape index (κ1) is 28.5. The molecule has 0 unspecified atom stereocenters. The van der Waals surface area contributed by atoms with Gasteiger partial charge >= 0.3 is 6.09 Å². The van der Waals surface area contributed by atoms with Crippen LogP contribution < -0.4 is 30.0 Å².